The van der Waals surface area contributed by atoms with E-state index >= 15 is 4.39 Å². The van der Waals surface area contributed by atoms with Gasteiger partial charge in [0, 0.05) is 38.4 Å². The fraction of sp³-hybridized carbons (Fsp3) is 0. The van der Waals surface area contributed by atoms with Crippen molar-refractivity contribution in [3.63, 3.8) is 0 Å². The van der Waals surface area contributed by atoms with E-state index in [0.29, 0.717) is 17.3 Å². The quantitative estimate of drug-likeness (QED) is 0.169. The summed E-state index contributed by atoms with van der Waals surface area (Å²) in [6.45, 7) is 0. The summed E-state index contributed by atoms with van der Waals surface area (Å²) < 4.78 is 19.5. The highest BCUT2D eigenvalue weighted by Crippen LogP contribution is 2.42. The van der Waals surface area contributed by atoms with E-state index < -0.39 is 5.82 Å². The normalized spacial score (nSPS) is 11.6. The molecule has 0 bridgehead atoms. The van der Waals surface area contributed by atoms with Crippen molar-refractivity contribution >= 4 is 55.2 Å². The summed E-state index contributed by atoms with van der Waals surface area (Å²) in [4.78, 5) is 15.3. The van der Waals surface area contributed by atoms with Crippen LogP contribution in [0.4, 0.5) is 4.39 Å². The molecule has 0 aliphatic heterocycles. The summed E-state index contributed by atoms with van der Waals surface area (Å²) >= 11 is 6.66. The molecule has 11 rings (SSSR count). The number of halogens is 2. The van der Waals surface area contributed by atoms with Crippen LogP contribution in [0.2, 0.25) is 5.02 Å². The zero-order valence-electron chi connectivity index (χ0n) is 30.9. The molecule has 0 amide bonds. The summed E-state index contributed by atoms with van der Waals surface area (Å²) in [5, 5.41) is 4.28. The fourth-order valence-electron chi connectivity index (χ4n) is 8.24. The number of hydrogen-bond acceptors (Lipinski definition) is 3. The molecule has 0 radical (unpaired) electrons. The molecule has 3 aromatic heterocycles. The van der Waals surface area contributed by atoms with Crippen LogP contribution in [0, 0.1) is 5.82 Å². The van der Waals surface area contributed by atoms with Gasteiger partial charge < -0.3 is 4.57 Å². The third-order valence-corrected chi connectivity index (χ3v) is 11.4. The zero-order valence-corrected chi connectivity index (χ0v) is 31.6. The molecule has 7 heteroatoms. The summed E-state index contributed by atoms with van der Waals surface area (Å²) in [5.74, 6) is 0.556. The first-order chi connectivity index (χ1) is 28.6. The monoisotopic (exact) mass is 767 g/mol. The van der Waals surface area contributed by atoms with Gasteiger partial charge in [0.05, 0.1) is 27.1 Å². The Morgan fingerprint density at radius 2 is 0.862 bits per heavy atom. The van der Waals surface area contributed by atoms with Crippen LogP contribution in [-0.4, -0.2) is 24.1 Å². The van der Waals surface area contributed by atoms with Crippen molar-refractivity contribution in [3.05, 3.63) is 199 Å². The highest BCUT2D eigenvalue weighted by Gasteiger charge is 2.24. The number of hydrogen-bond donors (Lipinski definition) is 0. The minimum absolute atomic E-state index is 0.0475. The molecule has 274 valence electrons. The van der Waals surface area contributed by atoms with E-state index in [1.807, 2.05) is 42.5 Å². The fourth-order valence-corrected chi connectivity index (χ4v) is 8.45. The van der Waals surface area contributed by atoms with Gasteiger partial charge in [-0.25, -0.2) is 9.37 Å². The predicted molar refractivity (Wildman–Crippen MR) is 235 cm³/mol. The number of para-hydroxylation sites is 2. The SMILES string of the molecule is Fc1cccc(-c2nc(-c3ccc(-c4ccccc4)cc3)nc(-n3c4ccccc4c4ccc5c6ccccc6n(-c6ccc(-c7ccccc7)cc6)c5c43)n2)c1Cl. The Hall–Kier alpha value is -7.41. The zero-order chi connectivity index (χ0) is 38.7. The van der Waals surface area contributed by atoms with Crippen LogP contribution in [0.25, 0.3) is 100 Å². The Kier molecular flexibility index (Phi) is 7.98. The van der Waals surface area contributed by atoms with E-state index in [4.69, 9.17) is 26.6 Å². The molecule has 0 spiro atoms. The summed E-state index contributed by atoms with van der Waals surface area (Å²) in [6, 6.07) is 63.5. The van der Waals surface area contributed by atoms with Crippen LogP contribution < -0.4 is 0 Å². The number of aromatic nitrogens is 5. The maximum Gasteiger partial charge on any atom is 0.238 e. The van der Waals surface area contributed by atoms with Crippen molar-refractivity contribution in [3.8, 4) is 56.7 Å². The van der Waals surface area contributed by atoms with Gasteiger partial charge in [-0.15, -0.1) is 0 Å². The maximum absolute atomic E-state index is 15.1. The van der Waals surface area contributed by atoms with Gasteiger partial charge in [-0.05, 0) is 58.7 Å². The average Bonchev–Trinajstić information content (AvgIpc) is 3.81. The molecule has 8 aromatic carbocycles. The Balaban J connectivity index is 1.21. The maximum atomic E-state index is 15.1. The van der Waals surface area contributed by atoms with Crippen molar-refractivity contribution in [2.45, 2.75) is 0 Å². The predicted octanol–water partition coefficient (Wildman–Crippen LogP) is 13.5. The second-order valence-corrected chi connectivity index (χ2v) is 14.7. The van der Waals surface area contributed by atoms with E-state index in [2.05, 4.69) is 137 Å². The van der Waals surface area contributed by atoms with Crippen molar-refractivity contribution in [1.82, 2.24) is 24.1 Å². The van der Waals surface area contributed by atoms with Crippen LogP contribution >= 0.6 is 11.6 Å². The van der Waals surface area contributed by atoms with E-state index in [1.54, 1.807) is 12.1 Å². The average molecular weight is 768 g/mol. The summed E-state index contributed by atoms with van der Waals surface area (Å²) in [6.07, 6.45) is 0. The molecule has 5 nitrogen and oxygen atoms in total. The minimum Gasteiger partial charge on any atom is -0.307 e. The first-order valence-corrected chi connectivity index (χ1v) is 19.5. The van der Waals surface area contributed by atoms with Crippen molar-refractivity contribution in [1.29, 1.82) is 0 Å². The largest absolute Gasteiger partial charge is 0.307 e. The lowest BCUT2D eigenvalue weighted by atomic mass is 10.0. The highest BCUT2D eigenvalue weighted by molar-refractivity contribution is 6.33. The van der Waals surface area contributed by atoms with E-state index in [9.17, 15) is 0 Å². The number of fused-ring (bicyclic) bond motifs is 7. The van der Waals surface area contributed by atoms with Gasteiger partial charge in [-0.2, -0.15) is 9.97 Å². The second-order valence-electron chi connectivity index (χ2n) is 14.3. The Labute approximate surface area is 337 Å². The molecular weight excluding hydrogens is 737 g/mol. The molecular formula is C51H31ClFN5. The Bertz CT molecular complexity index is 3340. The first-order valence-electron chi connectivity index (χ1n) is 19.1. The van der Waals surface area contributed by atoms with Crippen molar-refractivity contribution in [2.75, 3.05) is 0 Å². The van der Waals surface area contributed by atoms with Gasteiger partial charge in [-0.3, -0.25) is 4.57 Å². The molecule has 11 aromatic rings. The lowest BCUT2D eigenvalue weighted by Gasteiger charge is -2.14. The van der Waals surface area contributed by atoms with Gasteiger partial charge >= 0.3 is 0 Å². The van der Waals surface area contributed by atoms with Gasteiger partial charge in [0.25, 0.3) is 0 Å². The molecule has 58 heavy (non-hydrogen) atoms. The number of nitrogens with zero attached hydrogens (tertiary/aromatic N) is 5. The van der Waals surface area contributed by atoms with Crippen molar-refractivity contribution in [2.24, 2.45) is 0 Å². The summed E-state index contributed by atoms with van der Waals surface area (Å²) in [7, 11) is 0. The molecule has 0 aliphatic rings. The standard InChI is InChI=1S/C51H31ClFN5/c52-46-42(18-11-19-43(46)53)50-54-49(36-24-22-34(23-25-36)32-12-3-1-4-13-32)55-51(56-50)58-45-21-10-8-17-39(45)41-31-30-40-38-16-7-9-20-44(38)57(47(40)48(41)58)37-28-26-35(27-29-37)33-14-5-2-6-15-33/h1-31H. The van der Waals surface area contributed by atoms with E-state index in [1.165, 1.54) is 6.07 Å². The van der Waals surface area contributed by atoms with E-state index in [-0.39, 0.29) is 10.8 Å². The lowest BCUT2D eigenvalue weighted by Crippen LogP contribution is -2.07. The van der Waals surface area contributed by atoms with Crippen LogP contribution in [-0.2, 0) is 0 Å². The smallest absolute Gasteiger partial charge is 0.238 e. The van der Waals surface area contributed by atoms with E-state index in [0.717, 1.165) is 77.1 Å². The van der Waals surface area contributed by atoms with Crippen LogP contribution in [0.1, 0.15) is 0 Å². The first kappa shape index (κ1) is 33.9. The molecule has 0 saturated carbocycles. The molecule has 0 saturated heterocycles. The van der Waals surface area contributed by atoms with Gasteiger partial charge in [0.2, 0.25) is 5.95 Å². The molecule has 3 heterocycles. The number of rotatable bonds is 6. The minimum atomic E-state index is -0.545. The van der Waals surface area contributed by atoms with Gasteiger partial charge in [0.1, 0.15) is 5.82 Å². The van der Waals surface area contributed by atoms with Crippen LogP contribution in [0.15, 0.2) is 188 Å². The molecule has 0 aliphatic carbocycles. The third-order valence-electron chi connectivity index (χ3n) is 11.0. The topological polar surface area (TPSA) is 48.5 Å². The molecule has 0 fully saturated rings. The molecule has 0 N–H and O–H groups in total. The molecule has 0 atom stereocenters. The van der Waals surface area contributed by atoms with Gasteiger partial charge in [0.15, 0.2) is 11.6 Å². The highest BCUT2D eigenvalue weighted by atomic mass is 35.5. The Morgan fingerprint density at radius 3 is 1.48 bits per heavy atom. The summed E-state index contributed by atoms with van der Waals surface area (Å²) in [5.41, 5.74) is 10.6. The molecule has 0 unspecified atom stereocenters. The second kappa shape index (κ2) is 13.7. The van der Waals surface area contributed by atoms with Gasteiger partial charge in [-0.1, -0.05) is 163 Å². The lowest BCUT2D eigenvalue weighted by molar-refractivity contribution is 0.628. The third kappa shape index (κ3) is 5.49. The van der Waals surface area contributed by atoms with Crippen molar-refractivity contribution < 1.29 is 4.39 Å². The Morgan fingerprint density at radius 1 is 0.379 bits per heavy atom. The van der Waals surface area contributed by atoms with Crippen LogP contribution in [0.3, 0.4) is 0 Å². The number of benzene rings is 8. The van der Waals surface area contributed by atoms with Crippen LogP contribution in [0.5, 0.6) is 0 Å².